The number of aromatic nitrogens is 1. The molecule has 2 saturated heterocycles. The van der Waals surface area contributed by atoms with Gasteiger partial charge in [-0.3, -0.25) is 4.90 Å². The molecule has 3 aliphatic heterocycles. The average Bonchev–Trinajstić information content (AvgIpc) is 3.45. The molecule has 2 bridgehead atoms. The van der Waals surface area contributed by atoms with Gasteiger partial charge in [-0.25, -0.2) is 4.98 Å². The molecule has 8 nitrogen and oxygen atoms in total. The van der Waals surface area contributed by atoms with E-state index in [-0.39, 0.29) is 5.75 Å². The highest BCUT2D eigenvalue weighted by Crippen LogP contribution is 2.42. The monoisotopic (exact) mass is 417 g/mol. The van der Waals surface area contributed by atoms with Crippen LogP contribution >= 0.6 is 0 Å². The molecule has 5 heterocycles. The third-order valence-electron chi connectivity index (χ3n) is 6.39. The van der Waals surface area contributed by atoms with E-state index < -0.39 is 0 Å². The van der Waals surface area contributed by atoms with Crippen LogP contribution < -0.4 is 10.1 Å². The predicted octanol–water partition coefficient (Wildman–Crippen LogP) is 4.07. The summed E-state index contributed by atoms with van der Waals surface area (Å²) in [6.07, 6.45) is 5.85. The Morgan fingerprint density at radius 2 is 2.06 bits per heavy atom. The molecule has 0 aliphatic carbocycles. The Labute approximate surface area is 179 Å². The van der Waals surface area contributed by atoms with Crippen LogP contribution in [0, 0.1) is 0 Å². The molecule has 0 spiro atoms. The maximum atomic E-state index is 10.9. The van der Waals surface area contributed by atoms with Crippen molar-refractivity contribution in [1.82, 2.24) is 15.2 Å². The van der Waals surface area contributed by atoms with Crippen LogP contribution in [0.5, 0.6) is 11.5 Å². The van der Waals surface area contributed by atoms with Crippen LogP contribution in [0.2, 0.25) is 0 Å². The summed E-state index contributed by atoms with van der Waals surface area (Å²) in [6.45, 7) is 2.72. The highest BCUT2D eigenvalue weighted by molar-refractivity contribution is 5.94. The number of methoxy groups -OCH3 is 1. The van der Waals surface area contributed by atoms with E-state index in [1.54, 1.807) is 19.4 Å². The summed E-state index contributed by atoms with van der Waals surface area (Å²) in [5.74, 6) is 1.79. The van der Waals surface area contributed by atoms with E-state index in [0.717, 1.165) is 30.0 Å². The number of rotatable bonds is 4. The van der Waals surface area contributed by atoms with Crippen molar-refractivity contribution in [2.24, 2.45) is 10.2 Å². The second-order valence-corrected chi connectivity index (χ2v) is 8.37. The molecule has 2 atom stereocenters. The van der Waals surface area contributed by atoms with Crippen LogP contribution in [0.4, 0.5) is 5.82 Å². The topological polar surface area (TPSA) is 95.5 Å². The molecule has 2 unspecified atom stereocenters. The zero-order chi connectivity index (χ0) is 20.9. The third-order valence-corrected chi connectivity index (χ3v) is 6.39. The largest absolute Gasteiger partial charge is 0.504 e. The summed E-state index contributed by atoms with van der Waals surface area (Å²) in [7, 11) is 1.67. The predicted molar refractivity (Wildman–Crippen MR) is 116 cm³/mol. The van der Waals surface area contributed by atoms with E-state index in [0.29, 0.717) is 46.9 Å². The van der Waals surface area contributed by atoms with Gasteiger partial charge in [-0.05, 0) is 37.1 Å². The first kappa shape index (κ1) is 18.5. The van der Waals surface area contributed by atoms with Gasteiger partial charge in [0.05, 0.1) is 18.1 Å². The molecular weight excluding hydrogens is 394 g/mol. The highest BCUT2D eigenvalue weighted by Gasteiger charge is 2.33. The molecule has 3 aromatic rings. The fourth-order valence-electron chi connectivity index (χ4n) is 4.95. The van der Waals surface area contributed by atoms with Crippen molar-refractivity contribution in [3.8, 4) is 11.5 Å². The minimum absolute atomic E-state index is 0.0966. The van der Waals surface area contributed by atoms with Gasteiger partial charge in [0.1, 0.15) is 17.0 Å². The molecule has 2 fully saturated rings. The summed E-state index contributed by atoms with van der Waals surface area (Å²) < 4.78 is 11.8. The molecule has 158 valence electrons. The maximum absolute atomic E-state index is 10.9. The first-order chi connectivity index (χ1) is 15.2. The lowest BCUT2D eigenvalue weighted by Crippen LogP contribution is -2.50. The normalized spacial score (nSPS) is 23.7. The van der Waals surface area contributed by atoms with Gasteiger partial charge in [0.25, 0.3) is 0 Å². The van der Waals surface area contributed by atoms with Gasteiger partial charge in [0, 0.05) is 49.6 Å². The van der Waals surface area contributed by atoms with Crippen molar-refractivity contribution < 1.29 is 14.3 Å². The number of pyridine rings is 1. The summed E-state index contributed by atoms with van der Waals surface area (Å²) >= 11 is 0. The van der Waals surface area contributed by atoms with Crippen LogP contribution in [0.15, 0.2) is 45.1 Å². The quantitative estimate of drug-likeness (QED) is 0.664. The lowest BCUT2D eigenvalue weighted by molar-refractivity contribution is 0.187. The zero-order valence-electron chi connectivity index (χ0n) is 17.2. The number of hydrogen-bond acceptors (Lipinski definition) is 8. The number of nitrogens with zero attached hydrogens (tertiary/aromatic N) is 4. The summed E-state index contributed by atoms with van der Waals surface area (Å²) in [5, 5.41) is 23.5. The number of fused-ring (bicyclic) bond motifs is 4. The van der Waals surface area contributed by atoms with Crippen LogP contribution in [0.3, 0.4) is 0 Å². The first-order valence-corrected chi connectivity index (χ1v) is 10.6. The second kappa shape index (κ2) is 7.18. The highest BCUT2D eigenvalue weighted by atomic mass is 16.5. The van der Waals surface area contributed by atoms with Crippen molar-refractivity contribution in [3.63, 3.8) is 0 Å². The number of azo groups is 1. The summed E-state index contributed by atoms with van der Waals surface area (Å²) in [4.78, 5) is 6.66. The Bertz CT molecular complexity index is 1220. The summed E-state index contributed by atoms with van der Waals surface area (Å²) in [5.41, 5.74) is 3.04. The third kappa shape index (κ3) is 3.10. The summed E-state index contributed by atoms with van der Waals surface area (Å²) in [6, 6.07) is 8.58. The Morgan fingerprint density at radius 1 is 1.23 bits per heavy atom. The molecular formula is C23H23N5O3. The molecule has 0 radical (unpaired) electrons. The van der Waals surface area contributed by atoms with Gasteiger partial charge in [-0.2, -0.15) is 0 Å². The van der Waals surface area contributed by atoms with Crippen LogP contribution in [0.25, 0.3) is 22.7 Å². The zero-order valence-corrected chi connectivity index (χ0v) is 17.2. The van der Waals surface area contributed by atoms with Crippen molar-refractivity contribution >= 4 is 28.6 Å². The number of hydrogen-bond donors (Lipinski definition) is 2. The van der Waals surface area contributed by atoms with E-state index in [1.807, 2.05) is 24.3 Å². The molecule has 6 rings (SSSR count). The SMILES string of the molecule is COc1ccc2c(O)c(C=C3N=Nc4ncccc43)oc2c1CN1CC2CCC(C1)N2. The van der Waals surface area contributed by atoms with Crippen LogP contribution in [0.1, 0.15) is 29.7 Å². The number of furan rings is 1. The van der Waals surface area contributed by atoms with Crippen molar-refractivity contribution in [3.05, 3.63) is 47.3 Å². The number of benzene rings is 1. The van der Waals surface area contributed by atoms with Gasteiger partial charge < -0.3 is 19.6 Å². The van der Waals surface area contributed by atoms with Gasteiger partial charge in [-0.1, -0.05) is 0 Å². The van der Waals surface area contributed by atoms with Gasteiger partial charge in [0.2, 0.25) is 0 Å². The Morgan fingerprint density at radius 3 is 2.87 bits per heavy atom. The molecule has 8 heteroatoms. The molecule has 2 aromatic heterocycles. The fraction of sp³-hybridized carbons (Fsp3) is 0.348. The minimum Gasteiger partial charge on any atom is -0.504 e. The van der Waals surface area contributed by atoms with Crippen molar-refractivity contribution in [1.29, 1.82) is 0 Å². The smallest absolute Gasteiger partial charge is 0.183 e. The molecule has 0 saturated carbocycles. The molecule has 3 aliphatic rings. The lowest BCUT2D eigenvalue weighted by atomic mass is 10.1. The van der Waals surface area contributed by atoms with E-state index in [4.69, 9.17) is 9.15 Å². The Hall–Kier alpha value is -3.23. The Balaban J connectivity index is 1.40. The van der Waals surface area contributed by atoms with E-state index in [2.05, 4.69) is 25.4 Å². The van der Waals surface area contributed by atoms with Gasteiger partial charge in [0.15, 0.2) is 17.3 Å². The molecule has 2 N–H and O–H groups in total. The van der Waals surface area contributed by atoms with E-state index in [9.17, 15) is 5.11 Å². The van der Waals surface area contributed by atoms with Gasteiger partial charge in [-0.15, -0.1) is 10.2 Å². The number of nitrogens with one attached hydrogen (secondary N) is 1. The van der Waals surface area contributed by atoms with Crippen LogP contribution in [-0.4, -0.2) is 47.3 Å². The minimum atomic E-state index is 0.0966. The van der Waals surface area contributed by atoms with Crippen molar-refractivity contribution in [2.45, 2.75) is 31.5 Å². The molecule has 1 aromatic carbocycles. The number of aromatic hydroxyl groups is 1. The average molecular weight is 417 g/mol. The second-order valence-electron chi connectivity index (χ2n) is 8.37. The lowest BCUT2D eigenvalue weighted by Gasteiger charge is -2.33. The molecule has 0 amide bonds. The number of ether oxygens (including phenoxy) is 1. The molecule has 31 heavy (non-hydrogen) atoms. The van der Waals surface area contributed by atoms with Gasteiger partial charge >= 0.3 is 0 Å². The maximum Gasteiger partial charge on any atom is 0.183 e. The van der Waals surface area contributed by atoms with Crippen molar-refractivity contribution in [2.75, 3.05) is 20.2 Å². The fourth-order valence-corrected chi connectivity index (χ4v) is 4.95. The number of likely N-dealkylation sites (tertiary alicyclic amines) is 1. The van der Waals surface area contributed by atoms with E-state index in [1.165, 1.54) is 12.8 Å². The number of piperazine rings is 1. The van der Waals surface area contributed by atoms with Crippen LogP contribution in [-0.2, 0) is 6.54 Å². The first-order valence-electron chi connectivity index (χ1n) is 10.6. The Kier molecular flexibility index (Phi) is 4.29. The standard InChI is InChI=1S/C23H23N5O3/c1-30-19-7-6-16-21(29)20(9-18-15-3-2-8-24-23(15)27-26-18)31-22(16)17(19)12-28-10-13-4-5-14(11-28)25-13/h2-3,6-9,13-14,25,29H,4-5,10-12H2,1H3. The van der Waals surface area contributed by atoms with E-state index >= 15 is 0 Å².